The fourth-order valence-electron chi connectivity index (χ4n) is 19.6. The van der Waals surface area contributed by atoms with Crippen molar-refractivity contribution < 1.29 is 109 Å². The molecule has 0 spiro atoms. The van der Waals surface area contributed by atoms with Crippen molar-refractivity contribution in [1.29, 1.82) is 0 Å². The van der Waals surface area contributed by atoms with Crippen molar-refractivity contribution in [1.82, 2.24) is 78.4 Å². The average molecular weight is 2100 g/mol. The van der Waals surface area contributed by atoms with E-state index in [0.717, 1.165) is 39.3 Å². The molecule has 8 aliphatic heterocycles. The minimum absolute atomic E-state index is 0.0127. The lowest BCUT2D eigenvalue weighted by Crippen LogP contribution is -2.61. The highest BCUT2D eigenvalue weighted by atomic mass is 19.4. The van der Waals surface area contributed by atoms with Crippen LogP contribution in [0.2, 0.25) is 0 Å². The molecule has 0 bridgehead atoms. The van der Waals surface area contributed by atoms with Gasteiger partial charge >= 0.3 is 12.4 Å². The Morgan fingerprint density at radius 1 is 0.329 bits per heavy atom. The standard InChI is InChI=1S/C17H23FN2O2.C14H24F2N2O.C13H21F3N2O.2C13H22F2N2O.C12H21F3N2O.C12H21FN2O.C12H22N2O2/c1-17(2,3)16(22)20-10-8-19(9-11-20)15(21)12-13-6-4-5-7-14(13)18;1-13(2,3)12(19)18-9-7-17(8-10-18)11-5-4-6-14(11,15)16;1-12(2,3)11(19)18-6-4-17(5-7-18)10-8-9(10)13(14,15)16;1-12(2,3)11(18)17-6-4-16(5-7-17)10-8-13(14,15)9-10;1-12(2,3)11(18)17-8-6-16(7-9-17)10-4-5-13(10,14)15;1-11(2,3)10(18)17-8-6-16(7-9-17)5-4-12(13,14)15;1-12(2,3)11(16)15-6-4-14(5-7-15)10-8-9(10)13;1-5-10(15)13-6-8-14(9-7-13)11(16)12(2,3)4/h4-7H,8-12H2,1-3H3;11H,4-10H2,1-3H3;9-10H,4-8H2,1-3H3;2*10H,4-9H2,1-3H3;4-9H2,1-3H3;9-10H,4-8H2,1-3H3;5-9H2,1-4H3. The molecule has 0 N–H and O–H groups in total. The first kappa shape index (κ1) is 126. The molecule has 14 rings (SSSR count). The van der Waals surface area contributed by atoms with Gasteiger partial charge in [-0.05, 0) is 43.7 Å². The van der Waals surface area contributed by atoms with Crippen LogP contribution in [0.15, 0.2) is 24.3 Å². The lowest BCUT2D eigenvalue weighted by molar-refractivity contribution is -0.161. The molecule has 13 aliphatic rings. The number of alkyl halides is 13. The van der Waals surface area contributed by atoms with Crippen LogP contribution in [0.5, 0.6) is 0 Å². The van der Waals surface area contributed by atoms with E-state index in [2.05, 4.69) is 9.80 Å². The van der Waals surface area contributed by atoms with E-state index in [1.54, 1.807) is 47.6 Å². The maximum Gasteiger partial charge on any atom is 0.393 e. The molecule has 13 fully saturated rings. The first-order chi connectivity index (χ1) is 66.9. The molecule has 8 heterocycles. The van der Waals surface area contributed by atoms with Crippen LogP contribution in [0.3, 0.4) is 0 Å². The third-order valence-electron chi connectivity index (χ3n) is 28.9. The Morgan fingerprint density at radius 2 is 0.596 bits per heavy atom. The van der Waals surface area contributed by atoms with Crippen LogP contribution in [-0.4, -0.2) is 420 Å². The third-order valence-corrected chi connectivity index (χ3v) is 28.9. The van der Waals surface area contributed by atoms with E-state index in [1.807, 2.05) is 212 Å². The van der Waals surface area contributed by atoms with E-state index in [1.165, 1.54) is 6.07 Å². The van der Waals surface area contributed by atoms with Crippen molar-refractivity contribution in [2.75, 3.05) is 216 Å². The van der Waals surface area contributed by atoms with Gasteiger partial charge in [0.05, 0.1) is 30.8 Å². The molecule has 8 saturated heterocycles. The summed E-state index contributed by atoms with van der Waals surface area (Å²) in [6, 6.07) is 4.94. The topological polar surface area (TPSA) is 223 Å². The predicted molar refractivity (Wildman–Crippen MR) is 537 cm³/mol. The second-order valence-electron chi connectivity index (χ2n) is 49.8. The SMILES string of the molecule is CC(C)(C)C(=O)N1CCN(C(=O)Cc2ccccc2F)CC1.CC(C)(C)C(=O)N1CCN(C2CC(F)(F)C2)CC1.CC(C)(C)C(=O)N1CCN(C2CC2C(F)(F)F)CC1.CC(C)(C)C(=O)N1CCN(C2CC2F)CC1.CC(C)(C)C(=O)N1CCN(C2CCC2(F)F)CC1.CC(C)(C)C(=O)N1CCN(C2CCCC2(F)F)CC1.CC(C)(C)C(=O)N1CCN(CCC(F)(F)F)CC1.CCC(=O)N1CCN(C(=O)C(C)(C)C)CC1. The van der Waals surface area contributed by atoms with Crippen LogP contribution in [0.25, 0.3) is 0 Å². The van der Waals surface area contributed by atoms with Crippen molar-refractivity contribution in [2.24, 2.45) is 49.2 Å². The summed E-state index contributed by atoms with van der Waals surface area (Å²) < 4.78 is 180. The van der Waals surface area contributed by atoms with Crippen LogP contribution in [0.4, 0.5) is 61.5 Å². The number of halogens is 14. The Hall–Kier alpha value is -7.30. The van der Waals surface area contributed by atoms with Gasteiger partial charge in [-0.3, -0.25) is 77.3 Å². The predicted octanol–water partition coefficient (Wildman–Crippen LogP) is 15.1. The number of benzene rings is 1. The van der Waals surface area contributed by atoms with Crippen molar-refractivity contribution >= 4 is 59.1 Å². The summed E-state index contributed by atoms with van der Waals surface area (Å²) in [4.78, 5) is 150. The number of carbonyl (C=O) groups excluding carboxylic acids is 10. The highest BCUT2D eigenvalue weighted by Gasteiger charge is 2.59. The highest BCUT2D eigenvalue weighted by Crippen LogP contribution is 2.49. The summed E-state index contributed by atoms with van der Waals surface area (Å²) >= 11 is 0. The van der Waals surface area contributed by atoms with Gasteiger partial charge < -0.3 is 49.0 Å². The fourth-order valence-corrected chi connectivity index (χ4v) is 19.6. The number of piperazine rings is 8. The second-order valence-corrected chi connectivity index (χ2v) is 49.8. The molecule has 0 aromatic heterocycles. The first-order valence-electron chi connectivity index (χ1n) is 52.8. The Bertz CT molecular complexity index is 4370. The molecule has 0 radical (unpaired) electrons. The molecule has 5 aliphatic carbocycles. The van der Waals surface area contributed by atoms with E-state index in [9.17, 15) is 109 Å². The zero-order valence-electron chi connectivity index (χ0n) is 92.2. The van der Waals surface area contributed by atoms with Gasteiger partial charge in [-0.15, -0.1) is 0 Å². The van der Waals surface area contributed by atoms with Gasteiger partial charge in [0.15, 0.2) is 0 Å². The van der Waals surface area contributed by atoms with E-state index in [0.29, 0.717) is 208 Å². The van der Waals surface area contributed by atoms with Gasteiger partial charge in [-0.2, -0.15) is 26.3 Å². The van der Waals surface area contributed by atoms with E-state index >= 15 is 0 Å². The third kappa shape index (κ3) is 38.2. The Kier molecular flexibility index (Phi) is 43.8. The van der Waals surface area contributed by atoms with Crippen molar-refractivity contribution in [3.63, 3.8) is 0 Å². The van der Waals surface area contributed by atoms with Gasteiger partial charge in [-0.1, -0.05) is 191 Å². The number of nitrogens with zero attached hydrogens (tertiary/aromatic N) is 16. The Morgan fingerprint density at radius 3 is 0.842 bits per heavy atom. The molecular formula is C106H176F14N16O10. The van der Waals surface area contributed by atoms with Gasteiger partial charge in [0.2, 0.25) is 59.1 Å². The van der Waals surface area contributed by atoms with E-state index < -0.39 is 77.0 Å². The maximum absolute atomic E-state index is 13.7. The molecule has 1 aromatic carbocycles. The summed E-state index contributed by atoms with van der Waals surface area (Å²) in [5.74, 6) is -7.91. The van der Waals surface area contributed by atoms with Gasteiger partial charge in [0, 0.05) is 310 Å². The minimum atomic E-state index is -4.10. The average Bonchev–Trinajstić information content (AvgIpc) is 1.37. The molecular weight excluding hydrogens is 1920 g/mol. The quantitative estimate of drug-likeness (QED) is 0.199. The molecule has 6 atom stereocenters. The lowest BCUT2D eigenvalue weighted by Gasteiger charge is -2.47. The normalized spacial score (nSPS) is 24.5. The van der Waals surface area contributed by atoms with Crippen molar-refractivity contribution in [2.45, 2.75) is 317 Å². The largest absolute Gasteiger partial charge is 0.393 e. The van der Waals surface area contributed by atoms with Gasteiger partial charge in [-0.25, -0.2) is 35.1 Å². The molecule has 10 amide bonds. The number of carbonyl (C=O) groups is 10. The molecule has 26 nitrogen and oxygen atoms in total. The smallest absolute Gasteiger partial charge is 0.340 e. The molecule has 40 heteroatoms. The highest BCUT2D eigenvalue weighted by molar-refractivity contribution is 5.86. The van der Waals surface area contributed by atoms with Crippen LogP contribution >= 0.6 is 0 Å². The summed E-state index contributed by atoms with van der Waals surface area (Å²) in [6.45, 7) is 67.0. The number of hydrogen-bond donors (Lipinski definition) is 0. The number of rotatable bonds is 10. The van der Waals surface area contributed by atoms with E-state index in [-0.39, 0.29) is 155 Å². The van der Waals surface area contributed by atoms with Crippen molar-refractivity contribution in [3.05, 3.63) is 35.6 Å². The van der Waals surface area contributed by atoms with Gasteiger partial charge in [0.1, 0.15) is 12.0 Å². The Labute approximate surface area is 860 Å². The molecule has 146 heavy (non-hydrogen) atoms. The van der Waals surface area contributed by atoms with Crippen molar-refractivity contribution in [3.8, 4) is 0 Å². The summed E-state index contributed by atoms with van der Waals surface area (Å²) in [5, 5.41) is 0. The van der Waals surface area contributed by atoms with Crippen LogP contribution in [-0.2, 0) is 54.4 Å². The Balaban J connectivity index is 0.000000226. The summed E-state index contributed by atoms with van der Waals surface area (Å²) in [5.41, 5.74) is -2.58. The molecule has 838 valence electrons. The molecule has 5 saturated carbocycles. The van der Waals surface area contributed by atoms with Crippen LogP contribution < -0.4 is 0 Å². The zero-order valence-corrected chi connectivity index (χ0v) is 92.2. The zero-order chi connectivity index (χ0) is 110. The summed E-state index contributed by atoms with van der Waals surface area (Å²) in [6.07, 6.45) is -6.26. The summed E-state index contributed by atoms with van der Waals surface area (Å²) in [7, 11) is 0. The molecule has 1 aromatic rings. The number of amides is 10. The number of hydrogen-bond acceptors (Lipinski definition) is 16. The lowest BCUT2D eigenvalue weighted by atomic mass is 9.86. The van der Waals surface area contributed by atoms with Crippen LogP contribution in [0, 0.1) is 55.1 Å². The minimum Gasteiger partial charge on any atom is -0.340 e. The first-order valence-corrected chi connectivity index (χ1v) is 52.8. The maximum atomic E-state index is 13.7. The molecule has 6 unspecified atom stereocenters. The monoisotopic (exact) mass is 2100 g/mol. The fraction of sp³-hybridized carbons (Fsp3) is 0.849. The van der Waals surface area contributed by atoms with E-state index in [4.69, 9.17) is 0 Å². The van der Waals surface area contributed by atoms with Gasteiger partial charge in [0.25, 0.3) is 17.8 Å². The van der Waals surface area contributed by atoms with Crippen LogP contribution in [0.1, 0.15) is 249 Å². The second kappa shape index (κ2) is 51.0.